The van der Waals surface area contributed by atoms with Crippen molar-refractivity contribution in [1.29, 1.82) is 0 Å². The molecule has 0 saturated heterocycles. The van der Waals surface area contributed by atoms with Crippen molar-refractivity contribution in [1.82, 2.24) is 9.55 Å². The second kappa shape index (κ2) is 7.25. The Morgan fingerprint density at radius 1 is 1.06 bits per heavy atom. The lowest BCUT2D eigenvalue weighted by Gasteiger charge is -2.10. The zero-order valence-electron chi connectivity index (χ0n) is 17.3. The van der Waals surface area contributed by atoms with E-state index in [1.165, 1.54) is 11.3 Å². The van der Waals surface area contributed by atoms with Crippen LogP contribution < -0.4 is 4.74 Å². The van der Waals surface area contributed by atoms with Gasteiger partial charge in [0.25, 0.3) is 0 Å². The molecule has 0 saturated carbocycles. The largest absolute Gasteiger partial charge is 0.506 e. The van der Waals surface area contributed by atoms with Crippen LogP contribution in [0.2, 0.25) is 0 Å². The van der Waals surface area contributed by atoms with Gasteiger partial charge in [0.1, 0.15) is 17.0 Å². The van der Waals surface area contributed by atoms with Crippen LogP contribution in [0.15, 0.2) is 60.7 Å². The maximum absolute atomic E-state index is 13.5. The number of ether oxygens (including phenoxy) is 1. The summed E-state index contributed by atoms with van der Waals surface area (Å²) in [5.41, 5.74) is 4.38. The highest BCUT2D eigenvalue weighted by Crippen LogP contribution is 2.41. The third-order valence-electron chi connectivity index (χ3n) is 5.51. The van der Waals surface area contributed by atoms with E-state index in [0.717, 1.165) is 32.4 Å². The molecule has 0 bridgehead atoms. The SMILES string of the molecule is COc1ccc(-n2c(C)c(C(=O)c3ccccc3)c3cc(O)c4sc(C)nc4c32)cc1. The van der Waals surface area contributed by atoms with Gasteiger partial charge in [-0.3, -0.25) is 4.79 Å². The van der Waals surface area contributed by atoms with E-state index in [2.05, 4.69) is 0 Å². The molecule has 0 radical (unpaired) electrons. The topological polar surface area (TPSA) is 64.3 Å². The maximum atomic E-state index is 13.5. The Balaban J connectivity index is 1.90. The minimum absolute atomic E-state index is 0.0823. The highest BCUT2D eigenvalue weighted by molar-refractivity contribution is 7.19. The van der Waals surface area contributed by atoms with Gasteiger partial charge < -0.3 is 14.4 Å². The standard InChI is InChI=1S/C25H20N2O3S/c1-14-21(24(29)16-7-5-4-6-8-16)19-13-20(28)25-22(26-15(2)31-25)23(19)27(14)17-9-11-18(30-3)12-10-17/h4-13,28H,1-3H3. The minimum atomic E-state index is -0.0823. The van der Waals surface area contributed by atoms with Crippen LogP contribution in [0.4, 0.5) is 0 Å². The van der Waals surface area contributed by atoms with Crippen LogP contribution >= 0.6 is 11.3 Å². The first-order chi connectivity index (χ1) is 15.0. The Bertz CT molecular complexity index is 1450. The Hall–Kier alpha value is -3.64. The van der Waals surface area contributed by atoms with Crippen LogP contribution in [0.5, 0.6) is 11.5 Å². The number of thiazole rings is 1. The van der Waals surface area contributed by atoms with Gasteiger partial charge in [-0.1, -0.05) is 30.3 Å². The molecule has 3 aromatic carbocycles. The molecule has 5 rings (SSSR count). The summed E-state index contributed by atoms with van der Waals surface area (Å²) in [6.45, 7) is 3.85. The number of methoxy groups -OCH3 is 1. The van der Waals surface area contributed by atoms with E-state index >= 15 is 0 Å². The molecule has 2 heterocycles. The number of phenolic OH excluding ortho intramolecular Hbond substituents is 1. The molecule has 0 aliphatic rings. The van der Waals surface area contributed by atoms with Crippen molar-refractivity contribution >= 4 is 38.2 Å². The zero-order valence-corrected chi connectivity index (χ0v) is 18.2. The van der Waals surface area contributed by atoms with Gasteiger partial charge in [0.05, 0.1) is 27.9 Å². The van der Waals surface area contributed by atoms with Gasteiger partial charge in [-0.2, -0.15) is 0 Å². The number of benzene rings is 3. The lowest BCUT2D eigenvalue weighted by atomic mass is 10.00. The van der Waals surface area contributed by atoms with Crippen molar-refractivity contribution in [2.24, 2.45) is 0 Å². The van der Waals surface area contributed by atoms with E-state index < -0.39 is 0 Å². The Morgan fingerprint density at radius 2 is 1.77 bits per heavy atom. The number of rotatable bonds is 4. The summed E-state index contributed by atoms with van der Waals surface area (Å²) in [7, 11) is 1.63. The lowest BCUT2D eigenvalue weighted by molar-refractivity contribution is 0.103. The smallest absolute Gasteiger partial charge is 0.195 e. The zero-order chi connectivity index (χ0) is 21.7. The molecule has 5 nitrogen and oxygen atoms in total. The molecule has 0 aliphatic carbocycles. The van der Waals surface area contributed by atoms with Crippen LogP contribution in [0.25, 0.3) is 26.8 Å². The van der Waals surface area contributed by atoms with Crippen molar-refractivity contribution in [3.63, 3.8) is 0 Å². The molecule has 1 N–H and O–H groups in total. The van der Waals surface area contributed by atoms with Crippen molar-refractivity contribution in [3.8, 4) is 17.2 Å². The quantitative estimate of drug-likeness (QED) is 0.367. The van der Waals surface area contributed by atoms with Crippen LogP contribution in [0.1, 0.15) is 26.6 Å². The molecule has 5 aromatic rings. The average Bonchev–Trinajstić information content (AvgIpc) is 3.31. The van der Waals surface area contributed by atoms with E-state index in [4.69, 9.17) is 9.72 Å². The van der Waals surface area contributed by atoms with Crippen molar-refractivity contribution in [3.05, 3.63) is 82.5 Å². The number of phenols is 1. The van der Waals surface area contributed by atoms with E-state index in [1.807, 2.05) is 73.0 Å². The molecule has 0 aliphatic heterocycles. The highest BCUT2D eigenvalue weighted by Gasteiger charge is 2.26. The molecular weight excluding hydrogens is 408 g/mol. The summed E-state index contributed by atoms with van der Waals surface area (Å²) in [6, 6.07) is 18.6. The maximum Gasteiger partial charge on any atom is 0.195 e. The number of aryl methyl sites for hydroxylation is 1. The van der Waals surface area contributed by atoms with Crippen molar-refractivity contribution < 1.29 is 14.6 Å². The van der Waals surface area contributed by atoms with Crippen molar-refractivity contribution in [2.75, 3.05) is 7.11 Å². The fourth-order valence-corrected chi connectivity index (χ4v) is 4.96. The number of carbonyl (C=O) groups is 1. The first kappa shape index (κ1) is 19.3. The third-order valence-corrected chi connectivity index (χ3v) is 6.50. The molecule has 0 spiro atoms. The predicted octanol–water partition coefficient (Wildman–Crippen LogP) is 5.80. The molecule has 0 unspecified atom stereocenters. The van der Waals surface area contributed by atoms with E-state index in [1.54, 1.807) is 13.2 Å². The number of aromatic nitrogens is 2. The predicted molar refractivity (Wildman–Crippen MR) is 124 cm³/mol. The van der Waals surface area contributed by atoms with Gasteiger partial charge in [-0.15, -0.1) is 11.3 Å². The van der Waals surface area contributed by atoms with Gasteiger partial charge in [0, 0.05) is 22.3 Å². The summed E-state index contributed by atoms with van der Waals surface area (Å²) in [4.78, 5) is 18.3. The van der Waals surface area contributed by atoms with Gasteiger partial charge in [-0.25, -0.2) is 4.98 Å². The molecule has 0 atom stereocenters. The van der Waals surface area contributed by atoms with Gasteiger partial charge >= 0.3 is 0 Å². The van der Waals surface area contributed by atoms with Crippen LogP contribution in [-0.2, 0) is 0 Å². The van der Waals surface area contributed by atoms with Gasteiger partial charge in [0.15, 0.2) is 5.78 Å². The lowest BCUT2D eigenvalue weighted by Crippen LogP contribution is -2.04. The first-order valence-electron chi connectivity index (χ1n) is 9.88. The normalized spacial score (nSPS) is 11.3. The Labute approximate surface area is 183 Å². The molecule has 6 heteroatoms. The summed E-state index contributed by atoms with van der Waals surface area (Å²) >= 11 is 1.44. The molecule has 2 aromatic heterocycles. The van der Waals surface area contributed by atoms with Gasteiger partial charge in [0.2, 0.25) is 0 Å². The number of ketones is 1. The van der Waals surface area contributed by atoms with Crippen LogP contribution in [0.3, 0.4) is 0 Å². The number of aromatic hydroxyl groups is 1. The molecule has 31 heavy (non-hydrogen) atoms. The summed E-state index contributed by atoms with van der Waals surface area (Å²) in [5.74, 6) is 0.814. The van der Waals surface area contributed by atoms with E-state index in [-0.39, 0.29) is 11.5 Å². The number of hydrogen-bond acceptors (Lipinski definition) is 5. The number of fused-ring (bicyclic) bond motifs is 3. The fraction of sp³-hybridized carbons (Fsp3) is 0.120. The third kappa shape index (κ3) is 2.99. The highest BCUT2D eigenvalue weighted by atomic mass is 32.1. The van der Waals surface area contributed by atoms with Gasteiger partial charge in [-0.05, 0) is 44.2 Å². The minimum Gasteiger partial charge on any atom is -0.506 e. The summed E-state index contributed by atoms with van der Waals surface area (Å²) in [6.07, 6.45) is 0. The molecule has 0 fully saturated rings. The number of nitrogens with zero attached hydrogens (tertiary/aromatic N) is 2. The van der Waals surface area contributed by atoms with E-state index in [0.29, 0.717) is 22.0 Å². The second-order valence-corrected chi connectivity index (χ2v) is 8.59. The van der Waals surface area contributed by atoms with Crippen LogP contribution in [0, 0.1) is 13.8 Å². The van der Waals surface area contributed by atoms with Crippen molar-refractivity contribution in [2.45, 2.75) is 13.8 Å². The summed E-state index contributed by atoms with van der Waals surface area (Å²) in [5, 5.41) is 12.3. The van der Waals surface area contributed by atoms with Crippen LogP contribution in [-0.4, -0.2) is 27.6 Å². The number of hydrogen-bond donors (Lipinski definition) is 1. The molecule has 0 amide bonds. The average molecular weight is 429 g/mol. The second-order valence-electron chi connectivity index (χ2n) is 7.39. The Morgan fingerprint density at radius 3 is 2.45 bits per heavy atom. The number of carbonyl (C=O) groups excluding carboxylic acids is 1. The summed E-state index contributed by atoms with van der Waals surface area (Å²) < 4.78 is 8.07. The molecule has 154 valence electrons. The Kier molecular flexibility index (Phi) is 4.52. The monoisotopic (exact) mass is 428 g/mol. The van der Waals surface area contributed by atoms with E-state index in [9.17, 15) is 9.90 Å². The fourth-order valence-electron chi connectivity index (χ4n) is 4.13. The first-order valence-corrected chi connectivity index (χ1v) is 10.7. The molecular formula is C25H20N2O3S.